The zero-order valence-electron chi connectivity index (χ0n) is 18.8. The lowest BCUT2D eigenvalue weighted by atomic mass is 10.1. The number of carbonyl (C=O) groups is 1. The van der Waals surface area contributed by atoms with Crippen molar-refractivity contribution in [2.24, 2.45) is 0 Å². The summed E-state index contributed by atoms with van der Waals surface area (Å²) in [6.45, 7) is 4.75. The van der Waals surface area contributed by atoms with Gasteiger partial charge in [0, 0.05) is 42.5 Å². The maximum absolute atomic E-state index is 13.7. The molecular formula is C27H24Cl2N4O. The third-order valence-electron chi connectivity index (χ3n) is 6.10. The highest BCUT2D eigenvalue weighted by atomic mass is 35.5. The maximum Gasteiger partial charge on any atom is 0.272 e. The number of rotatable bonds is 4. The first-order valence-corrected chi connectivity index (χ1v) is 12.0. The van der Waals surface area contributed by atoms with Gasteiger partial charge in [0.2, 0.25) is 0 Å². The van der Waals surface area contributed by atoms with E-state index in [1.807, 2.05) is 90.7 Å². The fourth-order valence-corrected chi connectivity index (χ4v) is 4.64. The minimum absolute atomic E-state index is 0.0443. The zero-order valence-corrected chi connectivity index (χ0v) is 20.3. The number of nitrogens with zero attached hydrogens (tertiary/aromatic N) is 4. The van der Waals surface area contributed by atoms with E-state index in [1.165, 1.54) is 0 Å². The second-order valence-corrected chi connectivity index (χ2v) is 9.24. The lowest BCUT2D eigenvalue weighted by Crippen LogP contribution is -2.49. The van der Waals surface area contributed by atoms with Crippen LogP contribution in [-0.4, -0.2) is 46.8 Å². The number of hydrogen-bond acceptors (Lipinski definition) is 3. The molecule has 34 heavy (non-hydrogen) atoms. The summed E-state index contributed by atoms with van der Waals surface area (Å²) in [4.78, 5) is 17.8. The number of anilines is 1. The van der Waals surface area contributed by atoms with Crippen LogP contribution in [0.15, 0.2) is 78.9 Å². The molecular weight excluding hydrogens is 467 g/mol. The molecule has 1 aromatic heterocycles. The van der Waals surface area contributed by atoms with E-state index >= 15 is 0 Å². The van der Waals surface area contributed by atoms with E-state index in [0.717, 1.165) is 35.6 Å². The summed E-state index contributed by atoms with van der Waals surface area (Å²) in [5.41, 5.74) is 5.05. The highest BCUT2D eigenvalue weighted by Crippen LogP contribution is 2.29. The Kier molecular flexibility index (Phi) is 6.31. The molecule has 3 aromatic carbocycles. The summed E-state index contributed by atoms with van der Waals surface area (Å²) >= 11 is 12.6. The van der Waals surface area contributed by atoms with Crippen molar-refractivity contribution in [2.75, 3.05) is 31.1 Å². The van der Waals surface area contributed by atoms with Crippen LogP contribution in [0, 0.1) is 6.92 Å². The van der Waals surface area contributed by atoms with Gasteiger partial charge >= 0.3 is 0 Å². The highest BCUT2D eigenvalue weighted by molar-refractivity contribution is 6.33. The van der Waals surface area contributed by atoms with Crippen molar-refractivity contribution >= 4 is 34.8 Å². The van der Waals surface area contributed by atoms with E-state index in [9.17, 15) is 4.79 Å². The molecule has 1 fully saturated rings. The van der Waals surface area contributed by atoms with Gasteiger partial charge in [0.25, 0.3) is 5.91 Å². The first-order chi connectivity index (χ1) is 16.5. The Balaban J connectivity index is 1.44. The molecule has 2 heterocycles. The summed E-state index contributed by atoms with van der Waals surface area (Å²) in [6, 6.07) is 25.2. The van der Waals surface area contributed by atoms with Gasteiger partial charge in [0.15, 0.2) is 0 Å². The third kappa shape index (κ3) is 4.54. The number of carbonyl (C=O) groups excluding carboxylic acids is 1. The van der Waals surface area contributed by atoms with Crippen LogP contribution >= 0.6 is 23.2 Å². The first-order valence-electron chi connectivity index (χ1n) is 11.2. The molecule has 0 radical (unpaired) electrons. The molecule has 1 aliphatic rings. The number of piperazine rings is 1. The SMILES string of the molecule is Cc1ccc(-n2nc(-c3ccccc3Cl)cc2C(=O)N2CCN(c3cccc(Cl)c3)CC2)cc1. The predicted molar refractivity (Wildman–Crippen MR) is 138 cm³/mol. The normalized spacial score (nSPS) is 13.9. The molecule has 0 atom stereocenters. The van der Waals surface area contributed by atoms with Gasteiger partial charge in [-0.3, -0.25) is 4.79 Å². The largest absolute Gasteiger partial charge is 0.368 e. The molecule has 0 aliphatic carbocycles. The Morgan fingerprint density at radius 2 is 1.56 bits per heavy atom. The molecule has 0 N–H and O–H groups in total. The van der Waals surface area contributed by atoms with E-state index in [2.05, 4.69) is 4.90 Å². The van der Waals surface area contributed by atoms with Crippen molar-refractivity contribution in [1.29, 1.82) is 0 Å². The molecule has 1 amide bonds. The topological polar surface area (TPSA) is 41.4 Å². The van der Waals surface area contributed by atoms with Crippen LogP contribution in [0.5, 0.6) is 0 Å². The Morgan fingerprint density at radius 3 is 2.26 bits per heavy atom. The van der Waals surface area contributed by atoms with Gasteiger partial charge in [0.1, 0.15) is 5.69 Å². The molecule has 0 saturated carbocycles. The van der Waals surface area contributed by atoms with Crippen LogP contribution in [0.1, 0.15) is 16.1 Å². The Bertz CT molecular complexity index is 1320. The monoisotopic (exact) mass is 490 g/mol. The lowest BCUT2D eigenvalue weighted by molar-refractivity contribution is 0.0737. The van der Waals surface area contributed by atoms with E-state index in [4.69, 9.17) is 28.3 Å². The van der Waals surface area contributed by atoms with Crippen LogP contribution in [0.2, 0.25) is 10.0 Å². The van der Waals surface area contributed by atoms with Crippen LogP contribution in [0.3, 0.4) is 0 Å². The minimum atomic E-state index is -0.0443. The summed E-state index contributed by atoms with van der Waals surface area (Å²) in [6.07, 6.45) is 0. The zero-order chi connectivity index (χ0) is 23.7. The second-order valence-electron chi connectivity index (χ2n) is 8.40. The van der Waals surface area contributed by atoms with Crippen molar-refractivity contribution in [1.82, 2.24) is 14.7 Å². The molecule has 1 saturated heterocycles. The van der Waals surface area contributed by atoms with Gasteiger partial charge in [-0.2, -0.15) is 5.10 Å². The fraction of sp³-hybridized carbons (Fsp3) is 0.185. The van der Waals surface area contributed by atoms with Gasteiger partial charge in [-0.05, 0) is 49.4 Å². The summed E-state index contributed by atoms with van der Waals surface area (Å²) < 4.78 is 1.73. The Morgan fingerprint density at radius 1 is 0.824 bits per heavy atom. The summed E-state index contributed by atoms with van der Waals surface area (Å²) in [5.74, 6) is -0.0443. The number of halogens is 2. The minimum Gasteiger partial charge on any atom is -0.368 e. The number of aromatic nitrogens is 2. The predicted octanol–water partition coefficient (Wildman–Crippen LogP) is 6.12. The second kappa shape index (κ2) is 9.53. The molecule has 0 spiro atoms. The number of hydrogen-bond donors (Lipinski definition) is 0. The number of amides is 1. The smallest absolute Gasteiger partial charge is 0.272 e. The van der Waals surface area contributed by atoms with Crippen LogP contribution in [0.4, 0.5) is 5.69 Å². The standard InChI is InChI=1S/C27H24Cl2N4O/c1-19-9-11-21(12-10-19)33-26(18-25(30-33)23-7-2-3-8-24(23)29)27(34)32-15-13-31(14-16-32)22-6-4-5-20(28)17-22/h2-12,17-18H,13-16H2,1H3. The summed E-state index contributed by atoms with van der Waals surface area (Å²) in [7, 11) is 0. The Labute approximate surface area is 209 Å². The molecule has 4 aromatic rings. The fourth-order valence-electron chi connectivity index (χ4n) is 4.22. The summed E-state index contributed by atoms with van der Waals surface area (Å²) in [5, 5.41) is 6.10. The molecule has 0 bridgehead atoms. The van der Waals surface area contributed by atoms with Gasteiger partial charge in [-0.25, -0.2) is 4.68 Å². The molecule has 5 rings (SSSR count). The number of aryl methyl sites for hydroxylation is 1. The Hall–Kier alpha value is -3.28. The van der Waals surface area contributed by atoms with Crippen molar-refractivity contribution in [3.05, 3.63) is 100 Å². The quantitative estimate of drug-likeness (QED) is 0.346. The van der Waals surface area contributed by atoms with Gasteiger partial charge in [-0.1, -0.05) is 65.2 Å². The highest BCUT2D eigenvalue weighted by Gasteiger charge is 2.27. The van der Waals surface area contributed by atoms with Gasteiger partial charge in [-0.15, -0.1) is 0 Å². The molecule has 172 valence electrons. The van der Waals surface area contributed by atoms with Crippen molar-refractivity contribution in [3.8, 4) is 16.9 Å². The number of benzene rings is 3. The average Bonchev–Trinajstić information content (AvgIpc) is 3.29. The molecule has 0 unspecified atom stereocenters. The van der Waals surface area contributed by atoms with Crippen molar-refractivity contribution < 1.29 is 4.79 Å². The van der Waals surface area contributed by atoms with Crippen molar-refractivity contribution in [3.63, 3.8) is 0 Å². The first kappa shape index (κ1) is 22.5. The molecule has 5 nitrogen and oxygen atoms in total. The average molecular weight is 491 g/mol. The van der Waals surface area contributed by atoms with Crippen LogP contribution < -0.4 is 4.90 Å². The van der Waals surface area contributed by atoms with Gasteiger partial charge in [0.05, 0.1) is 16.4 Å². The third-order valence-corrected chi connectivity index (χ3v) is 6.66. The van der Waals surface area contributed by atoms with Crippen LogP contribution in [-0.2, 0) is 0 Å². The van der Waals surface area contributed by atoms with Crippen molar-refractivity contribution in [2.45, 2.75) is 6.92 Å². The van der Waals surface area contributed by atoms with E-state index in [0.29, 0.717) is 34.5 Å². The lowest BCUT2D eigenvalue weighted by Gasteiger charge is -2.36. The van der Waals surface area contributed by atoms with E-state index in [-0.39, 0.29) is 5.91 Å². The molecule has 7 heteroatoms. The van der Waals surface area contributed by atoms with Crippen LogP contribution in [0.25, 0.3) is 16.9 Å². The molecule has 1 aliphatic heterocycles. The van der Waals surface area contributed by atoms with E-state index < -0.39 is 0 Å². The van der Waals surface area contributed by atoms with E-state index in [1.54, 1.807) is 4.68 Å². The maximum atomic E-state index is 13.7. The van der Waals surface area contributed by atoms with Gasteiger partial charge < -0.3 is 9.80 Å².